The Kier molecular flexibility index (Phi) is 3.64. The van der Waals surface area contributed by atoms with E-state index in [0.29, 0.717) is 42.2 Å². The van der Waals surface area contributed by atoms with Crippen molar-refractivity contribution in [2.24, 2.45) is 13.0 Å². The van der Waals surface area contributed by atoms with E-state index in [2.05, 4.69) is 16.3 Å². The minimum absolute atomic E-state index is 0.0343. The predicted octanol–water partition coefficient (Wildman–Crippen LogP) is 2.04. The Balaban J connectivity index is 1.63. The van der Waals surface area contributed by atoms with Gasteiger partial charge in [-0.25, -0.2) is 0 Å². The molecule has 0 radical (unpaired) electrons. The van der Waals surface area contributed by atoms with Crippen LogP contribution >= 0.6 is 0 Å². The third kappa shape index (κ3) is 2.28. The molecule has 130 valence electrons. The quantitative estimate of drug-likeness (QED) is 0.854. The fourth-order valence-corrected chi connectivity index (χ4v) is 4.39. The highest BCUT2D eigenvalue weighted by Crippen LogP contribution is 2.50. The van der Waals surface area contributed by atoms with Gasteiger partial charge in [0.25, 0.3) is 5.91 Å². The second-order valence-corrected chi connectivity index (χ2v) is 7.06. The summed E-state index contributed by atoms with van der Waals surface area (Å²) in [4.78, 5) is 14.9. The molecule has 4 rings (SSSR count). The summed E-state index contributed by atoms with van der Waals surface area (Å²) in [5.74, 6) is 1.66. The predicted molar refractivity (Wildman–Crippen MR) is 88.7 cm³/mol. The van der Waals surface area contributed by atoms with Gasteiger partial charge in [0.15, 0.2) is 0 Å². The zero-order valence-corrected chi connectivity index (χ0v) is 14.5. The monoisotopic (exact) mass is 339 g/mol. The molecule has 1 aliphatic carbocycles. The van der Waals surface area contributed by atoms with E-state index >= 15 is 0 Å². The van der Waals surface area contributed by atoms with Gasteiger partial charge in [-0.1, -0.05) is 13.3 Å². The average Bonchev–Trinajstić information content (AvgIpc) is 3.35. The first-order chi connectivity index (χ1) is 12.1. The van der Waals surface area contributed by atoms with Crippen molar-refractivity contribution in [1.29, 1.82) is 5.26 Å². The van der Waals surface area contributed by atoms with E-state index in [0.717, 1.165) is 25.7 Å². The number of nitriles is 1. The van der Waals surface area contributed by atoms with Crippen molar-refractivity contribution in [2.75, 3.05) is 13.1 Å². The smallest absolute Gasteiger partial charge is 0.270 e. The topological polar surface area (TPSA) is 88.0 Å². The van der Waals surface area contributed by atoms with Crippen molar-refractivity contribution in [3.63, 3.8) is 0 Å². The number of hydrogen-bond donors (Lipinski definition) is 0. The van der Waals surface area contributed by atoms with Gasteiger partial charge >= 0.3 is 0 Å². The summed E-state index contributed by atoms with van der Waals surface area (Å²) in [7, 11) is 1.75. The van der Waals surface area contributed by atoms with Gasteiger partial charge in [0.2, 0.25) is 11.8 Å². The normalized spacial score (nSPS) is 25.2. The standard InChI is InChI=1S/C18H21N5O2/c1-3-15-20-21-17(25-15)18-8-4-5-12(18)10-23(11-18)16(24)14-7-6-13(9-19)22(14)2/h6-7,12H,3-5,8,10-11H2,1-2H3/t12-,18-/m0/s1. The van der Waals surface area contributed by atoms with Crippen molar-refractivity contribution < 1.29 is 9.21 Å². The number of amides is 1. The highest BCUT2D eigenvalue weighted by Gasteiger charge is 2.55. The van der Waals surface area contributed by atoms with Crippen LogP contribution in [-0.2, 0) is 18.9 Å². The van der Waals surface area contributed by atoms with Gasteiger partial charge in [-0.15, -0.1) is 10.2 Å². The third-order valence-corrected chi connectivity index (χ3v) is 5.81. The molecule has 0 bridgehead atoms. The number of aryl methyl sites for hydroxylation is 1. The van der Waals surface area contributed by atoms with Crippen molar-refractivity contribution in [1.82, 2.24) is 19.7 Å². The fraction of sp³-hybridized carbons (Fsp3) is 0.556. The van der Waals surface area contributed by atoms with Crippen LogP contribution in [0.1, 0.15) is 54.2 Å². The van der Waals surface area contributed by atoms with Gasteiger partial charge < -0.3 is 13.9 Å². The van der Waals surface area contributed by atoms with Gasteiger partial charge in [0, 0.05) is 26.6 Å². The van der Waals surface area contributed by atoms with Crippen LogP contribution in [0.4, 0.5) is 0 Å². The minimum atomic E-state index is -0.209. The Hall–Kier alpha value is -2.62. The molecule has 0 aromatic carbocycles. The highest BCUT2D eigenvalue weighted by molar-refractivity contribution is 5.93. The lowest BCUT2D eigenvalue weighted by Crippen LogP contribution is -2.35. The van der Waals surface area contributed by atoms with Gasteiger partial charge in [0.05, 0.1) is 5.41 Å². The second-order valence-electron chi connectivity index (χ2n) is 7.06. The van der Waals surface area contributed by atoms with Crippen LogP contribution < -0.4 is 0 Å². The zero-order valence-electron chi connectivity index (χ0n) is 14.5. The van der Waals surface area contributed by atoms with Gasteiger partial charge in [-0.3, -0.25) is 4.79 Å². The minimum Gasteiger partial charge on any atom is -0.425 e. The average molecular weight is 339 g/mol. The first-order valence-corrected chi connectivity index (χ1v) is 8.77. The van der Waals surface area contributed by atoms with E-state index < -0.39 is 0 Å². The number of aromatic nitrogens is 3. The largest absolute Gasteiger partial charge is 0.425 e. The molecule has 0 N–H and O–H groups in total. The number of carbonyl (C=O) groups excluding carboxylic acids is 1. The molecule has 2 aromatic rings. The third-order valence-electron chi connectivity index (χ3n) is 5.81. The summed E-state index contributed by atoms with van der Waals surface area (Å²) < 4.78 is 7.55. The first-order valence-electron chi connectivity index (χ1n) is 8.77. The van der Waals surface area contributed by atoms with E-state index in [-0.39, 0.29) is 11.3 Å². The van der Waals surface area contributed by atoms with Crippen molar-refractivity contribution in [2.45, 2.75) is 38.0 Å². The molecule has 25 heavy (non-hydrogen) atoms. The van der Waals surface area contributed by atoms with E-state index in [1.165, 1.54) is 0 Å². The van der Waals surface area contributed by atoms with Crippen LogP contribution in [0, 0.1) is 17.2 Å². The van der Waals surface area contributed by atoms with E-state index in [9.17, 15) is 4.79 Å². The molecule has 0 spiro atoms. The Morgan fingerprint density at radius 3 is 3.00 bits per heavy atom. The maximum Gasteiger partial charge on any atom is 0.270 e. The van der Waals surface area contributed by atoms with Gasteiger partial charge in [-0.2, -0.15) is 5.26 Å². The molecule has 2 fully saturated rings. The van der Waals surface area contributed by atoms with Crippen LogP contribution in [0.15, 0.2) is 16.5 Å². The molecule has 2 aromatic heterocycles. The molecule has 1 aliphatic heterocycles. The highest BCUT2D eigenvalue weighted by atomic mass is 16.4. The molecule has 7 nitrogen and oxygen atoms in total. The lowest BCUT2D eigenvalue weighted by Gasteiger charge is -2.24. The number of hydrogen-bond acceptors (Lipinski definition) is 5. The first kappa shape index (κ1) is 15.9. The molecule has 1 saturated heterocycles. The van der Waals surface area contributed by atoms with Crippen molar-refractivity contribution in [3.05, 3.63) is 35.3 Å². The van der Waals surface area contributed by atoms with Crippen LogP contribution in [0.25, 0.3) is 0 Å². The molecule has 7 heteroatoms. The number of carbonyl (C=O) groups is 1. The molecule has 0 unspecified atom stereocenters. The molecule has 2 aliphatic rings. The maximum atomic E-state index is 13.0. The summed E-state index contributed by atoms with van der Waals surface area (Å²) in [6.07, 6.45) is 3.89. The number of nitrogens with zero attached hydrogens (tertiary/aromatic N) is 5. The van der Waals surface area contributed by atoms with E-state index in [1.54, 1.807) is 23.7 Å². The number of fused-ring (bicyclic) bond motifs is 1. The molecular weight excluding hydrogens is 318 g/mol. The molecular formula is C18H21N5O2. The molecule has 1 amide bonds. The summed E-state index contributed by atoms with van der Waals surface area (Å²) in [5.41, 5.74) is 0.827. The maximum absolute atomic E-state index is 13.0. The number of rotatable bonds is 3. The van der Waals surface area contributed by atoms with E-state index in [4.69, 9.17) is 9.68 Å². The van der Waals surface area contributed by atoms with Crippen molar-refractivity contribution in [3.8, 4) is 6.07 Å². The summed E-state index contributed by atoms with van der Waals surface area (Å²) in [6, 6.07) is 5.51. The molecule has 1 saturated carbocycles. The Morgan fingerprint density at radius 1 is 1.48 bits per heavy atom. The molecule has 2 atom stereocenters. The van der Waals surface area contributed by atoms with Crippen LogP contribution in [-0.4, -0.2) is 38.7 Å². The zero-order chi connectivity index (χ0) is 17.6. The molecule has 3 heterocycles. The van der Waals surface area contributed by atoms with Crippen LogP contribution in [0.3, 0.4) is 0 Å². The lowest BCUT2D eigenvalue weighted by atomic mass is 9.80. The Labute approximate surface area is 146 Å². The second kappa shape index (κ2) is 5.73. The summed E-state index contributed by atoms with van der Waals surface area (Å²) in [5, 5.41) is 17.5. The van der Waals surface area contributed by atoms with Crippen LogP contribution in [0.5, 0.6) is 0 Å². The fourth-order valence-electron chi connectivity index (χ4n) is 4.39. The van der Waals surface area contributed by atoms with Gasteiger partial charge in [0.1, 0.15) is 17.5 Å². The van der Waals surface area contributed by atoms with Crippen molar-refractivity contribution >= 4 is 5.91 Å². The lowest BCUT2D eigenvalue weighted by molar-refractivity contribution is 0.0766. The number of likely N-dealkylation sites (tertiary alicyclic amines) is 1. The Bertz CT molecular complexity index is 861. The van der Waals surface area contributed by atoms with E-state index in [1.807, 2.05) is 11.8 Å². The van der Waals surface area contributed by atoms with Gasteiger partial charge in [-0.05, 0) is 30.9 Å². The Morgan fingerprint density at radius 2 is 2.32 bits per heavy atom. The summed E-state index contributed by atoms with van der Waals surface area (Å²) >= 11 is 0. The SMILES string of the molecule is CCc1nnc([C@]23CCC[C@H]2CN(C(=O)c2ccc(C#N)n2C)C3)o1. The van der Waals surface area contributed by atoms with Crippen LogP contribution in [0.2, 0.25) is 0 Å². The summed E-state index contributed by atoms with van der Waals surface area (Å²) in [6.45, 7) is 3.30.